The molecule has 1 fully saturated rings. The molecule has 15 heavy (non-hydrogen) atoms. The highest BCUT2D eigenvalue weighted by Gasteiger charge is 2.17. The maximum Gasteiger partial charge on any atom is 0.183 e. The van der Waals surface area contributed by atoms with E-state index in [0.717, 1.165) is 35.4 Å². The van der Waals surface area contributed by atoms with Crippen LogP contribution in [0.25, 0.3) is 0 Å². The van der Waals surface area contributed by atoms with Gasteiger partial charge in [0.15, 0.2) is 6.29 Å². The number of hydrogen-bond donors (Lipinski definition) is 0. The van der Waals surface area contributed by atoms with Gasteiger partial charge in [-0.2, -0.15) is 0 Å². The topological polar surface area (TPSA) is 27.7 Å². The van der Waals surface area contributed by atoms with Crippen LogP contribution in [0.5, 0.6) is 5.75 Å². The predicted molar refractivity (Wildman–Crippen MR) is 60.0 cm³/mol. The van der Waals surface area contributed by atoms with Crippen LogP contribution < -0.4 is 4.74 Å². The van der Waals surface area contributed by atoms with Gasteiger partial charge >= 0.3 is 0 Å². The third kappa shape index (κ3) is 2.71. The summed E-state index contributed by atoms with van der Waals surface area (Å²) >= 11 is 3.43. The fourth-order valence-corrected chi connectivity index (χ4v) is 2.01. The summed E-state index contributed by atoms with van der Waals surface area (Å²) in [4.78, 5) is 0. The summed E-state index contributed by atoms with van der Waals surface area (Å²) in [7, 11) is 1.65. The van der Waals surface area contributed by atoms with Crippen LogP contribution in [0.2, 0.25) is 0 Å². The van der Waals surface area contributed by atoms with Crippen LogP contribution in [0, 0.1) is 0 Å². The molecule has 2 rings (SSSR count). The van der Waals surface area contributed by atoms with Gasteiger partial charge in [-0.1, -0.05) is 15.9 Å². The second-order valence-corrected chi connectivity index (χ2v) is 4.27. The molecule has 0 radical (unpaired) electrons. The van der Waals surface area contributed by atoms with Crippen molar-refractivity contribution in [1.29, 1.82) is 0 Å². The van der Waals surface area contributed by atoms with Gasteiger partial charge in [-0.15, -0.1) is 0 Å². The standard InChI is InChI=1S/C11H13BrO3/c1-13-10-6-8(5-9(12)7-10)11-14-3-2-4-15-11/h5-7,11H,2-4H2,1H3. The number of halogens is 1. The average Bonchev–Trinajstić information content (AvgIpc) is 2.29. The maximum atomic E-state index is 5.52. The molecule has 0 amide bonds. The van der Waals surface area contributed by atoms with Crippen LogP contribution in [-0.2, 0) is 9.47 Å². The van der Waals surface area contributed by atoms with E-state index in [1.165, 1.54) is 0 Å². The normalized spacial score (nSPS) is 17.7. The number of ether oxygens (including phenoxy) is 3. The minimum absolute atomic E-state index is 0.259. The van der Waals surface area contributed by atoms with Crippen LogP contribution in [0.15, 0.2) is 22.7 Å². The molecule has 3 nitrogen and oxygen atoms in total. The van der Waals surface area contributed by atoms with E-state index < -0.39 is 0 Å². The van der Waals surface area contributed by atoms with Crippen molar-refractivity contribution in [2.45, 2.75) is 12.7 Å². The Hall–Kier alpha value is -0.580. The van der Waals surface area contributed by atoms with E-state index in [4.69, 9.17) is 14.2 Å². The van der Waals surface area contributed by atoms with Crippen molar-refractivity contribution in [2.24, 2.45) is 0 Å². The summed E-state index contributed by atoms with van der Waals surface area (Å²) in [5.41, 5.74) is 0.987. The summed E-state index contributed by atoms with van der Waals surface area (Å²) in [5.74, 6) is 0.803. The lowest BCUT2D eigenvalue weighted by Crippen LogP contribution is -2.17. The molecule has 1 saturated heterocycles. The lowest BCUT2D eigenvalue weighted by Gasteiger charge is -2.23. The first-order chi connectivity index (χ1) is 7.29. The smallest absolute Gasteiger partial charge is 0.183 e. The molecule has 0 saturated carbocycles. The molecule has 0 aliphatic carbocycles. The molecular formula is C11H13BrO3. The summed E-state index contributed by atoms with van der Waals surface area (Å²) in [6, 6.07) is 5.82. The zero-order chi connectivity index (χ0) is 10.7. The van der Waals surface area contributed by atoms with Crippen LogP contribution in [-0.4, -0.2) is 20.3 Å². The molecule has 0 N–H and O–H groups in total. The van der Waals surface area contributed by atoms with Crippen molar-refractivity contribution in [3.63, 3.8) is 0 Å². The van der Waals surface area contributed by atoms with Gasteiger partial charge in [-0.3, -0.25) is 0 Å². The Kier molecular flexibility index (Phi) is 3.61. The molecule has 0 bridgehead atoms. The molecule has 1 aromatic rings. The monoisotopic (exact) mass is 272 g/mol. The Morgan fingerprint density at radius 1 is 1.27 bits per heavy atom. The SMILES string of the molecule is COc1cc(Br)cc(C2OCCCO2)c1. The van der Waals surface area contributed by atoms with Crippen molar-refractivity contribution in [3.05, 3.63) is 28.2 Å². The van der Waals surface area contributed by atoms with Gasteiger partial charge in [0.25, 0.3) is 0 Å². The van der Waals surface area contributed by atoms with E-state index >= 15 is 0 Å². The summed E-state index contributed by atoms with van der Waals surface area (Å²) in [6.07, 6.45) is 0.701. The van der Waals surface area contributed by atoms with E-state index in [2.05, 4.69) is 15.9 Å². The first-order valence-corrected chi connectivity index (χ1v) is 5.66. The van der Waals surface area contributed by atoms with Gasteiger partial charge in [0, 0.05) is 10.0 Å². The second-order valence-electron chi connectivity index (χ2n) is 3.35. The molecule has 0 unspecified atom stereocenters. The second kappa shape index (κ2) is 4.96. The highest BCUT2D eigenvalue weighted by Crippen LogP contribution is 2.29. The Morgan fingerprint density at radius 2 is 2.00 bits per heavy atom. The Balaban J connectivity index is 2.22. The highest BCUT2D eigenvalue weighted by molar-refractivity contribution is 9.10. The summed E-state index contributed by atoms with van der Waals surface area (Å²) < 4.78 is 17.2. The number of methoxy groups -OCH3 is 1. The van der Waals surface area contributed by atoms with Gasteiger partial charge in [0.1, 0.15) is 5.75 Å². The van der Waals surface area contributed by atoms with Crippen molar-refractivity contribution >= 4 is 15.9 Å². The Morgan fingerprint density at radius 3 is 2.67 bits per heavy atom. The first-order valence-electron chi connectivity index (χ1n) is 4.87. The van der Waals surface area contributed by atoms with E-state index in [1.54, 1.807) is 7.11 Å². The zero-order valence-electron chi connectivity index (χ0n) is 8.53. The van der Waals surface area contributed by atoms with Crippen LogP contribution in [0.4, 0.5) is 0 Å². The van der Waals surface area contributed by atoms with E-state index in [0.29, 0.717) is 0 Å². The van der Waals surface area contributed by atoms with E-state index in [-0.39, 0.29) is 6.29 Å². The van der Waals surface area contributed by atoms with Crippen molar-refractivity contribution < 1.29 is 14.2 Å². The minimum Gasteiger partial charge on any atom is -0.497 e. The highest BCUT2D eigenvalue weighted by atomic mass is 79.9. The molecule has 1 heterocycles. The number of hydrogen-bond acceptors (Lipinski definition) is 3. The van der Waals surface area contributed by atoms with Gasteiger partial charge < -0.3 is 14.2 Å². The molecule has 0 aromatic heterocycles. The molecule has 1 aromatic carbocycles. The molecule has 0 spiro atoms. The lowest BCUT2D eigenvalue weighted by molar-refractivity contribution is -0.183. The molecular weight excluding hydrogens is 260 g/mol. The molecule has 4 heteroatoms. The molecule has 0 atom stereocenters. The van der Waals surface area contributed by atoms with Crippen LogP contribution in [0.1, 0.15) is 18.3 Å². The third-order valence-corrected chi connectivity index (χ3v) is 2.69. The van der Waals surface area contributed by atoms with Crippen LogP contribution >= 0.6 is 15.9 Å². The average molecular weight is 273 g/mol. The predicted octanol–water partition coefficient (Wildman–Crippen LogP) is 2.89. The zero-order valence-corrected chi connectivity index (χ0v) is 10.1. The van der Waals surface area contributed by atoms with Crippen molar-refractivity contribution in [3.8, 4) is 5.75 Å². The fourth-order valence-electron chi connectivity index (χ4n) is 1.52. The largest absolute Gasteiger partial charge is 0.497 e. The first kappa shape index (κ1) is 10.9. The van der Waals surface area contributed by atoms with Gasteiger partial charge in [-0.05, 0) is 24.6 Å². The van der Waals surface area contributed by atoms with Gasteiger partial charge in [-0.25, -0.2) is 0 Å². The Bertz CT molecular complexity index is 335. The quantitative estimate of drug-likeness (QED) is 0.829. The third-order valence-electron chi connectivity index (χ3n) is 2.23. The number of benzene rings is 1. The van der Waals surface area contributed by atoms with Crippen LogP contribution in [0.3, 0.4) is 0 Å². The molecule has 1 aliphatic rings. The van der Waals surface area contributed by atoms with Crippen molar-refractivity contribution in [2.75, 3.05) is 20.3 Å². The van der Waals surface area contributed by atoms with E-state index in [9.17, 15) is 0 Å². The summed E-state index contributed by atoms with van der Waals surface area (Å²) in [6.45, 7) is 1.50. The fraction of sp³-hybridized carbons (Fsp3) is 0.455. The minimum atomic E-state index is -0.259. The lowest BCUT2D eigenvalue weighted by atomic mass is 10.2. The van der Waals surface area contributed by atoms with E-state index in [1.807, 2.05) is 18.2 Å². The van der Waals surface area contributed by atoms with Gasteiger partial charge in [0.05, 0.1) is 20.3 Å². The number of rotatable bonds is 2. The summed E-state index contributed by atoms with van der Waals surface area (Å²) in [5, 5.41) is 0. The molecule has 82 valence electrons. The molecule has 1 aliphatic heterocycles. The Labute approximate surface area is 97.5 Å². The van der Waals surface area contributed by atoms with Gasteiger partial charge in [0.2, 0.25) is 0 Å². The van der Waals surface area contributed by atoms with Crippen molar-refractivity contribution in [1.82, 2.24) is 0 Å². The maximum absolute atomic E-state index is 5.52.